The van der Waals surface area contributed by atoms with Crippen LogP contribution in [0.2, 0.25) is 0 Å². The third-order valence-electron chi connectivity index (χ3n) is 4.68. The Morgan fingerprint density at radius 2 is 1.43 bits per heavy atom. The highest BCUT2D eigenvalue weighted by molar-refractivity contribution is 5.88. The number of aryl methyl sites for hydroxylation is 1. The molecule has 28 heavy (non-hydrogen) atoms. The SMILES string of the molecule is O=C(O)CCc1ccc2cc(-c3cccc(Oc4ccccc4)c3)ccc2c1. The van der Waals surface area contributed by atoms with E-state index in [0.29, 0.717) is 6.42 Å². The zero-order chi connectivity index (χ0) is 19.3. The van der Waals surface area contributed by atoms with E-state index in [1.54, 1.807) is 0 Å². The summed E-state index contributed by atoms with van der Waals surface area (Å²) in [4.78, 5) is 10.8. The minimum absolute atomic E-state index is 0.151. The fraction of sp³-hybridized carbons (Fsp3) is 0.0800. The van der Waals surface area contributed by atoms with Gasteiger partial charge in [0.25, 0.3) is 0 Å². The summed E-state index contributed by atoms with van der Waals surface area (Å²) >= 11 is 0. The molecule has 4 aromatic carbocycles. The Balaban J connectivity index is 1.59. The molecule has 1 N–H and O–H groups in total. The lowest BCUT2D eigenvalue weighted by molar-refractivity contribution is -0.136. The molecule has 0 fully saturated rings. The molecule has 4 aromatic rings. The summed E-state index contributed by atoms with van der Waals surface area (Å²) in [7, 11) is 0. The molecular weight excluding hydrogens is 348 g/mol. The normalized spacial score (nSPS) is 10.7. The van der Waals surface area contributed by atoms with Crippen LogP contribution < -0.4 is 4.74 Å². The van der Waals surface area contributed by atoms with Crippen LogP contribution in [0.25, 0.3) is 21.9 Å². The topological polar surface area (TPSA) is 46.5 Å². The first-order valence-corrected chi connectivity index (χ1v) is 9.25. The standard InChI is InChI=1S/C25H20O3/c26-25(27)14-10-18-9-11-21-16-22(13-12-20(21)15-18)19-5-4-8-24(17-19)28-23-6-2-1-3-7-23/h1-9,11-13,15-17H,10,14H2,(H,26,27). The highest BCUT2D eigenvalue weighted by atomic mass is 16.5. The molecule has 0 spiro atoms. The van der Waals surface area contributed by atoms with Gasteiger partial charge in [-0.2, -0.15) is 0 Å². The predicted molar refractivity (Wildman–Crippen MR) is 112 cm³/mol. The van der Waals surface area contributed by atoms with E-state index in [0.717, 1.165) is 39.0 Å². The molecule has 0 amide bonds. The maximum Gasteiger partial charge on any atom is 0.303 e. The largest absolute Gasteiger partial charge is 0.481 e. The van der Waals surface area contributed by atoms with E-state index >= 15 is 0 Å². The minimum atomic E-state index is -0.770. The lowest BCUT2D eigenvalue weighted by atomic mass is 9.99. The molecule has 138 valence electrons. The number of hydrogen-bond acceptors (Lipinski definition) is 2. The fourth-order valence-electron chi connectivity index (χ4n) is 3.25. The van der Waals surface area contributed by atoms with Crippen LogP contribution in [0.4, 0.5) is 0 Å². The molecule has 0 radical (unpaired) electrons. The van der Waals surface area contributed by atoms with Gasteiger partial charge < -0.3 is 9.84 Å². The fourth-order valence-corrected chi connectivity index (χ4v) is 3.25. The summed E-state index contributed by atoms with van der Waals surface area (Å²) < 4.78 is 5.94. The monoisotopic (exact) mass is 368 g/mol. The number of fused-ring (bicyclic) bond motifs is 1. The van der Waals surface area contributed by atoms with Crippen molar-refractivity contribution in [2.24, 2.45) is 0 Å². The lowest BCUT2D eigenvalue weighted by Crippen LogP contribution is -1.97. The maximum absolute atomic E-state index is 10.8. The Hall–Kier alpha value is -3.59. The summed E-state index contributed by atoms with van der Waals surface area (Å²) in [5, 5.41) is 11.1. The summed E-state index contributed by atoms with van der Waals surface area (Å²) in [5.41, 5.74) is 3.25. The number of para-hydroxylation sites is 1. The van der Waals surface area contributed by atoms with Crippen LogP contribution in [0.3, 0.4) is 0 Å². The van der Waals surface area contributed by atoms with Gasteiger partial charge in [-0.15, -0.1) is 0 Å². The lowest BCUT2D eigenvalue weighted by Gasteiger charge is -2.09. The first-order valence-electron chi connectivity index (χ1n) is 9.25. The number of carboxylic acids is 1. The quantitative estimate of drug-likeness (QED) is 0.433. The number of carboxylic acid groups (broad SMARTS) is 1. The van der Waals surface area contributed by atoms with Gasteiger partial charge in [0.15, 0.2) is 0 Å². The predicted octanol–water partition coefficient (Wildman–Crippen LogP) is 6.32. The van der Waals surface area contributed by atoms with E-state index in [4.69, 9.17) is 9.84 Å². The second-order valence-corrected chi connectivity index (χ2v) is 6.73. The molecule has 0 saturated heterocycles. The molecule has 0 aliphatic rings. The van der Waals surface area contributed by atoms with E-state index in [-0.39, 0.29) is 6.42 Å². The number of rotatable bonds is 6. The Bertz CT molecular complexity index is 1120. The molecule has 0 bridgehead atoms. The van der Waals surface area contributed by atoms with Crippen molar-refractivity contribution in [3.05, 3.63) is 96.6 Å². The average Bonchev–Trinajstić information content (AvgIpc) is 2.72. The Labute approximate surface area is 163 Å². The van der Waals surface area contributed by atoms with Crippen LogP contribution >= 0.6 is 0 Å². The van der Waals surface area contributed by atoms with E-state index < -0.39 is 5.97 Å². The van der Waals surface area contributed by atoms with Gasteiger partial charge in [0, 0.05) is 6.42 Å². The molecule has 0 aliphatic carbocycles. The smallest absolute Gasteiger partial charge is 0.303 e. The molecule has 0 heterocycles. The van der Waals surface area contributed by atoms with Gasteiger partial charge in [0.2, 0.25) is 0 Å². The first-order chi connectivity index (χ1) is 13.7. The number of aliphatic carboxylic acids is 1. The van der Waals surface area contributed by atoms with E-state index in [9.17, 15) is 4.79 Å². The highest BCUT2D eigenvalue weighted by Gasteiger charge is 2.05. The van der Waals surface area contributed by atoms with Gasteiger partial charge in [0.05, 0.1) is 0 Å². The van der Waals surface area contributed by atoms with Crippen molar-refractivity contribution in [3.63, 3.8) is 0 Å². The second-order valence-electron chi connectivity index (χ2n) is 6.73. The number of benzene rings is 4. The molecule has 0 atom stereocenters. The summed E-state index contributed by atoms with van der Waals surface area (Å²) in [6, 6.07) is 30.2. The zero-order valence-electron chi connectivity index (χ0n) is 15.3. The van der Waals surface area contributed by atoms with Crippen LogP contribution in [0, 0.1) is 0 Å². The van der Waals surface area contributed by atoms with Crippen molar-refractivity contribution in [3.8, 4) is 22.6 Å². The zero-order valence-corrected chi connectivity index (χ0v) is 15.3. The average molecular weight is 368 g/mol. The van der Waals surface area contributed by atoms with Gasteiger partial charge >= 0.3 is 5.97 Å². The van der Waals surface area contributed by atoms with Crippen LogP contribution in [0.5, 0.6) is 11.5 Å². The summed E-state index contributed by atoms with van der Waals surface area (Å²) in [6.45, 7) is 0. The maximum atomic E-state index is 10.8. The van der Waals surface area contributed by atoms with Gasteiger partial charge in [0.1, 0.15) is 11.5 Å². The molecule has 3 heteroatoms. The minimum Gasteiger partial charge on any atom is -0.481 e. The molecule has 3 nitrogen and oxygen atoms in total. The van der Waals surface area contributed by atoms with Gasteiger partial charge in [-0.3, -0.25) is 4.79 Å². The van der Waals surface area contributed by atoms with Crippen LogP contribution in [-0.4, -0.2) is 11.1 Å². The van der Waals surface area contributed by atoms with Crippen molar-refractivity contribution >= 4 is 16.7 Å². The first kappa shape index (κ1) is 17.8. The Morgan fingerprint density at radius 1 is 0.714 bits per heavy atom. The van der Waals surface area contributed by atoms with Crippen molar-refractivity contribution in [1.29, 1.82) is 0 Å². The summed E-state index contributed by atoms with van der Waals surface area (Å²) in [6.07, 6.45) is 0.698. The molecule has 0 saturated carbocycles. The number of ether oxygens (including phenoxy) is 1. The van der Waals surface area contributed by atoms with Crippen LogP contribution in [0.15, 0.2) is 91.0 Å². The molecule has 0 aliphatic heterocycles. The molecule has 4 rings (SSSR count). The van der Waals surface area contributed by atoms with E-state index in [1.165, 1.54) is 0 Å². The number of carbonyl (C=O) groups is 1. The molecule has 0 aromatic heterocycles. The van der Waals surface area contributed by atoms with Crippen LogP contribution in [0.1, 0.15) is 12.0 Å². The van der Waals surface area contributed by atoms with Gasteiger partial charge in [-0.05, 0) is 64.2 Å². The van der Waals surface area contributed by atoms with Gasteiger partial charge in [-0.25, -0.2) is 0 Å². The van der Waals surface area contributed by atoms with Crippen LogP contribution in [-0.2, 0) is 11.2 Å². The molecular formula is C25H20O3. The second kappa shape index (κ2) is 7.97. The van der Waals surface area contributed by atoms with Crippen molar-refractivity contribution < 1.29 is 14.6 Å². The Morgan fingerprint density at radius 3 is 2.25 bits per heavy atom. The van der Waals surface area contributed by atoms with E-state index in [2.05, 4.69) is 36.4 Å². The third kappa shape index (κ3) is 4.21. The molecule has 0 unspecified atom stereocenters. The van der Waals surface area contributed by atoms with Crippen molar-refractivity contribution in [1.82, 2.24) is 0 Å². The van der Waals surface area contributed by atoms with E-state index in [1.807, 2.05) is 54.6 Å². The number of hydrogen-bond donors (Lipinski definition) is 1. The third-order valence-corrected chi connectivity index (χ3v) is 4.68. The highest BCUT2D eigenvalue weighted by Crippen LogP contribution is 2.29. The van der Waals surface area contributed by atoms with Crippen molar-refractivity contribution in [2.45, 2.75) is 12.8 Å². The van der Waals surface area contributed by atoms with Gasteiger partial charge in [-0.1, -0.05) is 60.7 Å². The summed E-state index contributed by atoms with van der Waals surface area (Å²) in [5.74, 6) is 0.841. The Kier molecular flexibility index (Phi) is 5.07. The van der Waals surface area contributed by atoms with Crippen molar-refractivity contribution in [2.75, 3.05) is 0 Å².